The van der Waals surface area contributed by atoms with E-state index >= 15 is 0 Å². The normalized spacial score (nSPS) is 12.8. The van der Waals surface area contributed by atoms with Gasteiger partial charge in [0.1, 0.15) is 0 Å². The first-order chi connectivity index (χ1) is 8.74. The van der Waals surface area contributed by atoms with E-state index in [4.69, 9.17) is 5.73 Å². The second-order valence-corrected chi connectivity index (χ2v) is 6.40. The molecule has 0 spiro atoms. The Bertz CT molecular complexity index is 490. The van der Waals surface area contributed by atoms with Gasteiger partial charge in [0.2, 0.25) is 0 Å². The monoisotopic (exact) mass is 281 g/mol. The molecule has 0 saturated heterocycles. The van der Waals surface area contributed by atoms with Crippen LogP contribution in [0.15, 0.2) is 12.1 Å². The van der Waals surface area contributed by atoms with Crippen LogP contribution in [-0.4, -0.2) is 9.59 Å². The van der Waals surface area contributed by atoms with Gasteiger partial charge in [-0.15, -0.1) is 16.4 Å². The maximum atomic E-state index is 6.29. The number of nitrogens with zero attached hydrogens (tertiary/aromatic N) is 2. The summed E-state index contributed by atoms with van der Waals surface area (Å²) in [6, 6.07) is 4.43. The summed E-state index contributed by atoms with van der Waals surface area (Å²) in [4.78, 5) is 3.94. The van der Waals surface area contributed by atoms with Gasteiger partial charge in [0.15, 0.2) is 0 Å². The van der Waals surface area contributed by atoms with Gasteiger partial charge >= 0.3 is 0 Å². The minimum Gasteiger partial charge on any atom is -0.323 e. The van der Waals surface area contributed by atoms with Crippen molar-refractivity contribution in [1.82, 2.24) is 9.59 Å². The van der Waals surface area contributed by atoms with E-state index in [1.54, 1.807) is 0 Å². The maximum Gasteiger partial charge on any atom is 0.0803 e. The van der Waals surface area contributed by atoms with E-state index in [-0.39, 0.29) is 6.04 Å². The molecule has 0 bridgehead atoms. The van der Waals surface area contributed by atoms with Crippen LogP contribution in [0.1, 0.15) is 46.6 Å². The van der Waals surface area contributed by atoms with Gasteiger partial charge in [0.25, 0.3) is 0 Å². The number of hydrogen-bond donors (Lipinski definition) is 1. The van der Waals surface area contributed by atoms with Crippen LogP contribution in [-0.2, 0) is 19.3 Å². The molecule has 1 atom stereocenters. The molecule has 0 aliphatic rings. The fourth-order valence-corrected chi connectivity index (χ4v) is 3.65. The highest BCUT2D eigenvalue weighted by atomic mass is 32.1. The molecule has 2 N–H and O–H groups in total. The molecule has 18 heavy (non-hydrogen) atoms. The second kappa shape index (κ2) is 6.41. The zero-order valence-electron chi connectivity index (χ0n) is 10.8. The molecule has 0 aromatic carbocycles. The van der Waals surface area contributed by atoms with Gasteiger partial charge in [-0.1, -0.05) is 24.8 Å². The Labute approximate surface area is 116 Å². The van der Waals surface area contributed by atoms with Crippen LogP contribution in [0.5, 0.6) is 0 Å². The van der Waals surface area contributed by atoms with E-state index in [1.807, 2.05) is 11.3 Å². The first-order valence-corrected chi connectivity index (χ1v) is 7.97. The van der Waals surface area contributed by atoms with E-state index in [2.05, 4.69) is 35.6 Å². The van der Waals surface area contributed by atoms with Gasteiger partial charge in [-0.05, 0) is 36.5 Å². The number of aryl methyl sites for hydroxylation is 2. The van der Waals surface area contributed by atoms with Gasteiger partial charge in [0.05, 0.1) is 10.6 Å². The summed E-state index contributed by atoms with van der Waals surface area (Å²) in [7, 11) is 0. The van der Waals surface area contributed by atoms with Gasteiger partial charge in [0, 0.05) is 22.2 Å². The smallest absolute Gasteiger partial charge is 0.0803 e. The average Bonchev–Trinajstić information content (AvgIpc) is 2.98. The molecular formula is C13H19N3S2. The van der Waals surface area contributed by atoms with Crippen molar-refractivity contribution in [1.29, 1.82) is 0 Å². The summed E-state index contributed by atoms with van der Waals surface area (Å²) < 4.78 is 4.04. The summed E-state index contributed by atoms with van der Waals surface area (Å²) in [6.07, 6.45) is 4.06. The topological polar surface area (TPSA) is 51.8 Å². The van der Waals surface area contributed by atoms with E-state index < -0.39 is 0 Å². The molecule has 0 aliphatic heterocycles. The number of hydrogen-bond acceptors (Lipinski definition) is 5. The summed E-state index contributed by atoms with van der Waals surface area (Å²) in [6.45, 7) is 4.34. The van der Waals surface area contributed by atoms with Crippen molar-refractivity contribution in [2.75, 3.05) is 0 Å². The molecule has 98 valence electrons. The van der Waals surface area contributed by atoms with Crippen LogP contribution in [0.3, 0.4) is 0 Å². The average molecular weight is 281 g/mol. The molecule has 0 fully saturated rings. The number of nitrogens with two attached hydrogens (primary N) is 1. The summed E-state index contributed by atoms with van der Waals surface area (Å²) in [5.41, 5.74) is 7.38. The first-order valence-electron chi connectivity index (χ1n) is 6.38. The zero-order chi connectivity index (χ0) is 13.0. The molecule has 0 amide bonds. The van der Waals surface area contributed by atoms with Gasteiger partial charge in [-0.2, -0.15) is 0 Å². The Hall–Kier alpha value is -0.780. The van der Waals surface area contributed by atoms with Gasteiger partial charge < -0.3 is 5.73 Å². The third-order valence-electron chi connectivity index (χ3n) is 2.90. The summed E-state index contributed by atoms with van der Waals surface area (Å²) in [5, 5.41) is 4.18. The molecule has 2 aromatic heterocycles. The quantitative estimate of drug-likeness (QED) is 0.883. The Morgan fingerprint density at radius 2 is 2.06 bits per heavy atom. The summed E-state index contributed by atoms with van der Waals surface area (Å²) >= 11 is 3.31. The third kappa shape index (κ3) is 3.16. The van der Waals surface area contributed by atoms with Crippen molar-refractivity contribution in [3.05, 3.63) is 32.5 Å². The molecule has 1 unspecified atom stereocenters. The zero-order valence-corrected chi connectivity index (χ0v) is 12.5. The van der Waals surface area contributed by atoms with Crippen molar-refractivity contribution in [3.63, 3.8) is 0 Å². The second-order valence-electron chi connectivity index (χ2n) is 4.37. The maximum absolute atomic E-state index is 6.29. The predicted octanol–water partition coefficient (Wildman–Crippen LogP) is 3.36. The van der Waals surface area contributed by atoms with Crippen LogP contribution in [0, 0.1) is 0 Å². The van der Waals surface area contributed by atoms with Crippen molar-refractivity contribution >= 4 is 22.9 Å². The van der Waals surface area contributed by atoms with E-state index in [1.165, 1.54) is 21.3 Å². The highest BCUT2D eigenvalue weighted by Crippen LogP contribution is 2.26. The number of thiophene rings is 1. The fraction of sp³-hybridized carbons (Fsp3) is 0.538. The lowest BCUT2D eigenvalue weighted by Crippen LogP contribution is -2.13. The standard InChI is InChI=1S/C13H19N3S2/c1-3-5-12-13(18-16-15-12)11(14)8-10-7-6-9(4-2)17-10/h6-7,11H,3-5,8,14H2,1-2H3. The van der Waals surface area contributed by atoms with Gasteiger partial charge in [-0.25, -0.2) is 0 Å². The predicted molar refractivity (Wildman–Crippen MR) is 78.2 cm³/mol. The Morgan fingerprint density at radius 1 is 1.28 bits per heavy atom. The Morgan fingerprint density at radius 3 is 2.72 bits per heavy atom. The molecule has 2 rings (SSSR count). The van der Waals surface area contributed by atoms with Gasteiger partial charge in [-0.3, -0.25) is 0 Å². The van der Waals surface area contributed by atoms with Crippen LogP contribution in [0.4, 0.5) is 0 Å². The molecule has 0 saturated carbocycles. The lowest BCUT2D eigenvalue weighted by atomic mass is 10.1. The Kier molecular flexibility index (Phi) is 4.86. The molecule has 2 aromatic rings. The minimum atomic E-state index is 0.0370. The Balaban J connectivity index is 2.06. The van der Waals surface area contributed by atoms with Crippen LogP contribution in [0.2, 0.25) is 0 Å². The number of aromatic nitrogens is 2. The van der Waals surface area contributed by atoms with E-state index in [0.717, 1.165) is 36.3 Å². The lowest BCUT2D eigenvalue weighted by Gasteiger charge is -2.08. The third-order valence-corrected chi connectivity index (χ3v) is 5.05. The minimum absolute atomic E-state index is 0.0370. The first kappa shape index (κ1) is 13.6. The lowest BCUT2D eigenvalue weighted by molar-refractivity contribution is 0.722. The molecule has 3 nitrogen and oxygen atoms in total. The van der Waals surface area contributed by atoms with E-state index in [9.17, 15) is 0 Å². The highest BCUT2D eigenvalue weighted by Gasteiger charge is 2.16. The van der Waals surface area contributed by atoms with E-state index in [0.29, 0.717) is 0 Å². The largest absolute Gasteiger partial charge is 0.323 e. The van der Waals surface area contributed by atoms with Crippen LogP contribution in [0.25, 0.3) is 0 Å². The fourth-order valence-electron chi connectivity index (χ4n) is 1.94. The molecule has 5 heteroatoms. The molecule has 0 aliphatic carbocycles. The molecule has 0 radical (unpaired) electrons. The number of rotatable bonds is 6. The van der Waals surface area contributed by atoms with Crippen molar-refractivity contribution in [2.24, 2.45) is 5.73 Å². The molecule has 2 heterocycles. The highest BCUT2D eigenvalue weighted by molar-refractivity contribution is 7.12. The summed E-state index contributed by atoms with van der Waals surface area (Å²) in [5.74, 6) is 0. The SMILES string of the molecule is CCCc1nnsc1C(N)Cc1ccc(CC)s1. The van der Waals surface area contributed by atoms with Crippen molar-refractivity contribution < 1.29 is 0 Å². The van der Waals surface area contributed by atoms with Crippen molar-refractivity contribution in [3.8, 4) is 0 Å². The van der Waals surface area contributed by atoms with Crippen LogP contribution >= 0.6 is 22.9 Å². The molecular weight excluding hydrogens is 262 g/mol. The van der Waals surface area contributed by atoms with Crippen LogP contribution < -0.4 is 5.73 Å². The van der Waals surface area contributed by atoms with Crippen molar-refractivity contribution in [2.45, 2.75) is 45.6 Å².